The molecule has 2 heterocycles. The maximum absolute atomic E-state index is 14.7. The Bertz CT molecular complexity index is 841. The lowest BCUT2D eigenvalue weighted by molar-refractivity contribution is -0.115. The number of rotatable bonds is 4. The number of halogens is 1. The van der Waals surface area contributed by atoms with Crippen molar-refractivity contribution in [3.05, 3.63) is 53.2 Å². The van der Waals surface area contributed by atoms with Gasteiger partial charge in [-0.05, 0) is 61.3 Å². The number of carbonyl (C=O) groups is 1. The molecule has 1 aliphatic heterocycles. The Morgan fingerprint density at radius 3 is 2.78 bits per heavy atom. The van der Waals surface area contributed by atoms with Crippen molar-refractivity contribution in [3.63, 3.8) is 0 Å². The average molecular weight is 372 g/mol. The van der Waals surface area contributed by atoms with Gasteiger partial charge in [-0.25, -0.2) is 4.39 Å². The van der Waals surface area contributed by atoms with E-state index in [1.165, 1.54) is 12.3 Å². The van der Waals surface area contributed by atoms with E-state index in [1.54, 1.807) is 18.2 Å². The van der Waals surface area contributed by atoms with Gasteiger partial charge in [0, 0.05) is 5.41 Å². The highest BCUT2D eigenvalue weighted by Crippen LogP contribution is 2.49. The molecule has 0 bridgehead atoms. The normalized spacial score (nSPS) is 24.1. The smallest absolute Gasteiger partial charge is 0.232 e. The van der Waals surface area contributed by atoms with E-state index in [2.05, 4.69) is 10.2 Å². The molecule has 0 spiro atoms. The van der Waals surface area contributed by atoms with Gasteiger partial charge in [-0.2, -0.15) is 0 Å². The summed E-state index contributed by atoms with van der Waals surface area (Å²) in [5, 5.41) is 13.6. The molecule has 2 unspecified atom stereocenters. The molecule has 4 rings (SSSR count). The molecule has 144 valence electrons. The minimum absolute atomic E-state index is 0.0488. The van der Waals surface area contributed by atoms with Crippen LogP contribution in [0, 0.1) is 5.82 Å². The molecule has 1 saturated heterocycles. The molecule has 1 aromatic heterocycles. The highest BCUT2D eigenvalue weighted by Gasteiger charge is 2.48. The molecule has 5 nitrogen and oxygen atoms in total. The van der Waals surface area contributed by atoms with Crippen molar-refractivity contribution in [2.45, 2.75) is 50.7 Å². The fourth-order valence-corrected chi connectivity index (χ4v) is 4.39. The number of aliphatic hydroxyl groups excluding tert-OH is 1. The summed E-state index contributed by atoms with van der Waals surface area (Å²) < 4.78 is 19.9. The Morgan fingerprint density at radius 2 is 2.11 bits per heavy atom. The first-order valence-electron chi connectivity index (χ1n) is 9.46. The monoisotopic (exact) mass is 372 g/mol. The van der Waals surface area contributed by atoms with E-state index in [4.69, 9.17) is 4.42 Å². The van der Waals surface area contributed by atoms with Gasteiger partial charge < -0.3 is 14.8 Å². The van der Waals surface area contributed by atoms with Gasteiger partial charge >= 0.3 is 0 Å². The number of nitrogens with zero attached hydrogens (tertiary/aromatic N) is 1. The summed E-state index contributed by atoms with van der Waals surface area (Å²) in [6.45, 7) is 5.74. The number of hydrogen-bond donors (Lipinski definition) is 2. The van der Waals surface area contributed by atoms with Crippen molar-refractivity contribution in [1.29, 1.82) is 0 Å². The summed E-state index contributed by atoms with van der Waals surface area (Å²) in [6, 6.07) is 6.42. The second-order valence-corrected chi connectivity index (χ2v) is 8.08. The van der Waals surface area contributed by atoms with Crippen LogP contribution in [-0.2, 0) is 16.6 Å². The van der Waals surface area contributed by atoms with Gasteiger partial charge in [-0.3, -0.25) is 9.69 Å². The van der Waals surface area contributed by atoms with Crippen molar-refractivity contribution in [3.8, 4) is 0 Å². The number of hydrogen-bond acceptors (Lipinski definition) is 4. The molecule has 1 aromatic carbocycles. The summed E-state index contributed by atoms with van der Waals surface area (Å²) in [5.41, 5.74) is 1.33. The quantitative estimate of drug-likeness (QED) is 0.863. The third-order valence-electron chi connectivity index (χ3n) is 5.91. The molecule has 2 aliphatic rings. The highest BCUT2D eigenvalue weighted by atomic mass is 19.1. The van der Waals surface area contributed by atoms with Gasteiger partial charge in [0.15, 0.2) is 0 Å². The van der Waals surface area contributed by atoms with E-state index >= 15 is 0 Å². The van der Waals surface area contributed by atoms with Crippen LogP contribution in [-0.4, -0.2) is 35.1 Å². The first-order valence-corrected chi connectivity index (χ1v) is 9.46. The van der Waals surface area contributed by atoms with E-state index in [-0.39, 0.29) is 24.1 Å². The summed E-state index contributed by atoms with van der Waals surface area (Å²) in [5.74, 6) is -0.288. The largest absolute Gasteiger partial charge is 0.469 e. The van der Waals surface area contributed by atoms with Crippen LogP contribution in [0.3, 0.4) is 0 Å². The first-order chi connectivity index (χ1) is 12.9. The van der Waals surface area contributed by atoms with Gasteiger partial charge in [0.05, 0.1) is 30.5 Å². The number of anilines is 1. The average Bonchev–Trinajstić information content (AvgIpc) is 3.33. The van der Waals surface area contributed by atoms with E-state index in [1.807, 2.05) is 13.8 Å². The van der Waals surface area contributed by atoms with Crippen molar-refractivity contribution in [1.82, 2.24) is 4.90 Å². The molecule has 1 fully saturated rings. The summed E-state index contributed by atoms with van der Waals surface area (Å²) >= 11 is 0. The molecule has 2 N–H and O–H groups in total. The number of furan rings is 1. The second kappa shape index (κ2) is 6.77. The number of likely N-dealkylation sites (tertiary alicyclic amines) is 1. The maximum Gasteiger partial charge on any atom is 0.232 e. The van der Waals surface area contributed by atoms with Crippen LogP contribution >= 0.6 is 0 Å². The number of aliphatic hydroxyl groups is 1. The van der Waals surface area contributed by atoms with Crippen LogP contribution in [0.15, 0.2) is 34.9 Å². The maximum atomic E-state index is 14.7. The molecule has 2 aromatic rings. The topological polar surface area (TPSA) is 65.7 Å². The Labute approximate surface area is 158 Å². The van der Waals surface area contributed by atoms with E-state index in [9.17, 15) is 14.3 Å². The zero-order chi connectivity index (χ0) is 19.2. The molecular formula is C21H25FN2O3. The van der Waals surface area contributed by atoms with Gasteiger partial charge in [-0.15, -0.1) is 0 Å². The first kappa shape index (κ1) is 18.2. The molecule has 2 atom stereocenters. The molecule has 0 saturated carbocycles. The lowest BCUT2D eigenvalue weighted by atomic mass is 9.84. The highest BCUT2D eigenvalue weighted by molar-refractivity contribution is 5.92. The minimum atomic E-state index is -0.612. The number of amides is 1. The summed E-state index contributed by atoms with van der Waals surface area (Å²) in [7, 11) is 0. The van der Waals surface area contributed by atoms with Gasteiger partial charge in [-0.1, -0.05) is 13.8 Å². The predicted octanol–water partition coefficient (Wildman–Crippen LogP) is 3.39. The van der Waals surface area contributed by atoms with Crippen LogP contribution in [0.25, 0.3) is 0 Å². The number of nitrogens with one attached hydrogen (secondary N) is 1. The Hall–Kier alpha value is -2.18. The van der Waals surface area contributed by atoms with Crippen molar-refractivity contribution < 1.29 is 18.7 Å². The molecule has 27 heavy (non-hydrogen) atoms. The third kappa shape index (κ3) is 3.17. The fraction of sp³-hybridized carbons (Fsp3) is 0.476. The summed E-state index contributed by atoms with van der Waals surface area (Å²) in [4.78, 5) is 14.5. The van der Waals surface area contributed by atoms with Crippen molar-refractivity contribution >= 4 is 11.6 Å². The second-order valence-electron chi connectivity index (χ2n) is 8.08. The van der Waals surface area contributed by atoms with Gasteiger partial charge in [0.2, 0.25) is 5.91 Å². The molecule has 0 radical (unpaired) electrons. The molecule has 6 heteroatoms. The molecule has 1 aliphatic carbocycles. The zero-order valence-electron chi connectivity index (χ0n) is 15.7. The minimum Gasteiger partial charge on any atom is -0.469 e. The standard InChI is InChI=1S/C21H25FN2O3/c1-21(2)15-12-16(22)17(23-18(25)10-13-6-5-9-27-13)11-14(15)19(20(21)26)24-7-3-4-8-24/h5-6,9,11-12,19-20,26H,3-4,7-8,10H2,1-2H3,(H,23,25). The van der Waals surface area contributed by atoms with Gasteiger partial charge in [0.25, 0.3) is 0 Å². The summed E-state index contributed by atoms with van der Waals surface area (Å²) in [6.07, 6.45) is 3.15. The Balaban J connectivity index is 1.65. The van der Waals surface area contributed by atoms with Crippen molar-refractivity contribution in [2.24, 2.45) is 0 Å². The SMILES string of the molecule is CC1(C)c2cc(F)c(NC(=O)Cc3ccco3)cc2C(N2CCCC2)C1O. The van der Waals surface area contributed by atoms with Crippen LogP contribution in [0.5, 0.6) is 0 Å². The van der Waals surface area contributed by atoms with Crippen LogP contribution in [0.4, 0.5) is 10.1 Å². The number of carbonyl (C=O) groups excluding carboxylic acids is 1. The molecular weight excluding hydrogens is 347 g/mol. The predicted molar refractivity (Wildman–Crippen MR) is 100 cm³/mol. The van der Waals surface area contributed by atoms with Gasteiger partial charge in [0.1, 0.15) is 11.6 Å². The Morgan fingerprint density at radius 1 is 1.37 bits per heavy atom. The zero-order valence-corrected chi connectivity index (χ0v) is 15.7. The van der Waals surface area contributed by atoms with E-state index < -0.39 is 17.3 Å². The van der Waals surface area contributed by atoms with Crippen LogP contribution < -0.4 is 5.32 Å². The fourth-order valence-electron chi connectivity index (χ4n) is 4.39. The van der Waals surface area contributed by atoms with Crippen LogP contribution in [0.1, 0.15) is 49.6 Å². The van der Waals surface area contributed by atoms with Crippen LogP contribution in [0.2, 0.25) is 0 Å². The lowest BCUT2D eigenvalue weighted by Gasteiger charge is -2.31. The lowest BCUT2D eigenvalue weighted by Crippen LogP contribution is -2.38. The van der Waals surface area contributed by atoms with E-state index in [0.29, 0.717) is 5.76 Å². The van der Waals surface area contributed by atoms with E-state index in [0.717, 1.165) is 37.1 Å². The third-order valence-corrected chi connectivity index (χ3v) is 5.91. The number of benzene rings is 1. The van der Waals surface area contributed by atoms with Crippen molar-refractivity contribution in [2.75, 3.05) is 18.4 Å². The molecule has 1 amide bonds. The Kier molecular flexibility index (Phi) is 4.56. The number of fused-ring (bicyclic) bond motifs is 1.